The van der Waals surface area contributed by atoms with E-state index in [0.717, 1.165) is 11.3 Å². The highest BCUT2D eigenvalue weighted by Crippen LogP contribution is 2.34. The van der Waals surface area contributed by atoms with Gasteiger partial charge in [0.05, 0.1) is 19.9 Å². The van der Waals surface area contributed by atoms with Crippen LogP contribution in [-0.2, 0) is 4.79 Å². The van der Waals surface area contributed by atoms with Crippen LogP contribution in [0.3, 0.4) is 0 Å². The lowest BCUT2D eigenvalue weighted by atomic mass is 10.1. The number of hydrogen-bond donors (Lipinski definition) is 1. The van der Waals surface area contributed by atoms with Crippen LogP contribution in [0.1, 0.15) is 13.3 Å². The standard InChI is InChI=1S/C21H22N2O4S/c1-4-18(27-14-8-6-5-7-9-14)20(24)23-21-22-17(13-28-21)16-11-10-15(25-2)12-19(16)26-3/h5-13,18H,4H2,1-3H3,(H,22,23,24). The minimum Gasteiger partial charge on any atom is -0.497 e. The van der Waals surface area contributed by atoms with Crippen molar-refractivity contribution in [3.63, 3.8) is 0 Å². The van der Waals surface area contributed by atoms with Crippen LogP contribution in [-0.4, -0.2) is 31.2 Å². The third-order valence-corrected chi connectivity index (χ3v) is 4.86. The number of amides is 1. The molecule has 0 fully saturated rings. The Balaban J connectivity index is 1.72. The highest BCUT2D eigenvalue weighted by atomic mass is 32.1. The first kappa shape index (κ1) is 19.7. The van der Waals surface area contributed by atoms with Crippen molar-refractivity contribution in [1.29, 1.82) is 0 Å². The van der Waals surface area contributed by atoms with Crippen molar-refractivity contribution in [2.45, 2.75) is 19.4 Å². The number of carbonyl (C=O) groups is 1. The normalized spacial score (nSPS) is 11.5. The van der Waals surface area contributed by atoms with Crippen molar-refractivity contribution in [1.82, 2.24) is 4.98 Å². The second kappa shape index (κ2) is 9.23. The molecular formula is C21H22N2O4S. The molecule has 0 radical (unpaired) electrons. The smallest absolute Gasteiger partial charge is 0.267 e. The van der Waals surface area contributed by atoms with Gasteiger partial charge in [-0.1, -0.05) is 25.1 Å². The van der Waals surface area contributed by atoms with Gasteiger partial charge < -0.3 is 14.2 Å². The summed E-state index contributed by atoms with van der Waals surface area (Å²) in [6.07, 6.45) is -0.0455. The van der Waals surface area contributed by atoms with Gasteiger partial charge in [-0.2, -0.15) is 0 Å². The lowest BCUT2D eigenvalue weighted by Gasteiger charge is -2.16. The molecule has 0 bridgehead atoms. The minimum atomic E-state index is -0.592. The van der Waals surface area contributed by atoms with Crippen LogP contribution >= 0.6 is 11.3 Å². The lowest BCUT2D eigenvalue weighted by molar-refractivity contribution is -0.122. The SMILES string of the molecule is CCC(Oc1ccccc1)C(=O)Nc1nc(-c2ccc(OC)cc2OC)cs1. The first-order valence-corrected chi connectivity index (χ1v) is 9.73. The van der Waals surface area contributed by atoms with Crippen molar-refractivity contribution in [2.75, 3.05) is 19.5 Å². The summed E-state index contributed by atoms with van der Waals surface area (Å²) in [6.45, 7) is 1.91. The Morgan fingerprint density at radius 1 is 1.11 bits per heavy atom. The molecule has 1 heterocycles. The number of nitrogens with zero attached hydrogens (tertiary/aromatic N) is 1. The van der Waals surface area contributed by atoms with Crippen molar-refractivity contribution < 1.29 is 19.0 Å². The molecule has 0 aliphatic rings. The first-order valence-electron chi connectivity index (χ1n) is 8.85. The first-order chi connectivity index (χ1) is 13.6. The summed E-state index contributed by atoms with van der Waals surface area (Å²) in [5.74, 6) is 1.79. The molecule has 3 rings (SSSR count). The van der Waals surface area contributed by atoms with Crippen LogP contribution in [0.2, 0.25) is 0 Å². The number of nitrogens with one attached hydrogen (secondary N) is 1. The Labute approximate surface area is 168 Å². The Hall–Kier alpha value is -3.06. The quantitative estimate of drug-likeness (QED) is 0.599. The van der Waals surface area contributed by atoms with E-state index >= 15 is 0 Å². The number of hydrogen-bond acceptors (Lipinski definition) is 6. The average Bonchev–Trinajstić information content (AvgIpc) is 3.20. The third kappa shape index (κ3) is 4.61. The Morgan fingerprint density at radius 2 is 1.89 bits per heavy atom. The van der Waals surface area contributed by atoms with Crippen LogP contribution in [0.5, 0.6) is 17.2 Å². The summed E-state index contributed by atoms with van der Waals surface area (Å²) in [5.41, 5.74) is 1.55. The summed E-state index contributed by atoms with van der Waals surface area (Å²) in [6, 6.07) is 14.8. The molecule has 28 heavy (non-hydrogen) atoms. The minimum absolute atomic E-state index is 0.228. The monoisotopic (exact) mass is 398 g/mol. The Morgan fingerprint density at radius 3 is 2.57 bits per heavy atom. The van der Waals surface area contributed by atoms with Gasteiger partial charge in [-0.25, -0.2) is 4.98 Å². The molecule has 1 N–H and O–H groups in total. The lowest BCUT2D eigenvalue weighted by Crippen LogP contribution is -2.32. The number of para-hydroxylation sites is 1. The Kier molecular flexibility index (Phi) is 6.49. The van der Waals surface area contributed by atoms with Crippen LogP contribution < -0.4 is 19.5 Å². The summed E-state index contributed by atoms with van der Waals surface area (Å²) in [5, 5.41) is 5.22. The fourth-order valence-corrected chi connectivity index (χ4v) is 3.35. The van der Waals surface area contributed by atoms with Gasteiger partial charge in [-0.3, -0.25) is 10.1 Å². The molecule has 0 spiro atoms. The van der Waals surface area contributed by atoms with Crippen molar-refractivity contribution in [3.8, 4) is 28.5 Å². The predicted molar refractivity (Wildman–Crippen MR) is 110 cm³/mol. The fourth-order valence-electron chi connectivity index (χ4n) is 2.64. The van der Waals surface area contributed by atoms with E-state index in [9.17, 15) is 4.79 Å². The average molecular weight is 398 g/mol. The van der Waals surface area contributed by atoms with Gasteiger partial charge in [0.15, 0.2) is 11.2 Å². The molecule has 0 aliphatic carbocycles. The van der Waals surface area contributed by atoms with E-state index in [1.54, 1.807) is 20.3 Å². The molecule has 6 nitrogen and oxygen atoms in total. The molecule has 0 saturated heterocycles. The van der Waals surface area contributed by atoms with Gasteiger partial charge in [0, 0.05) is 17.0 Å². The maximum atomic E-state index is 12.6. The summed E-state index contributed by atoms with van der Waals surface area (Å²) in [7, 11) is 3.20. The molecule has 7 heteroatoms. The van der Waals surface area contributed by atoms with Crippen molar-refractivity contribution >= 4 is 22.4 Å². The molecule has 0 saturated carbocycles. The molecule has 2 aromatic carbocycles. The van der Waals surface area contributed by atoms with Crippen LogP contribution in [0.15, 0.2) is 53.9 Å². The second-order valence-corrected chi connectivity index (χ2v) is 6.78. The van der Waals surface area contributed by atoms with Gasteiger partial charge in [0.25, 0.3) is 5.91 Å². The fraction of sp³-hybridized carbons (Fsp3) is 0.238. The van der Waals surface area contributed by atoms with Gasteiger partial charge in [0.2, 0.25) is 0 Å². The van der Waals surface area contributed by atoms with E-state index in [0.29, 0.717) is 28.8 Å². The number of thiazole rings is 1. The van der Waals surface area contributed by atoms with E-state index in [2.05, 4.69) is 10.3 Å². The van der Waals surface area contributed by atoms with Gasteiger partial charge in [-0.15, -0.1) is 11.3 Å². The van der Waals surface area contributed by atoms with Gasteiger partial charge in [0.1, 0.15) is 17.2 Å². The zero-order valence-electron chi connectivity index (χ0n) is 16.0. The number of anilines is 1. The molecular weight excluding hydrogens is 376 g/mol. The van der Waals surface area contributed by atoms with E-state index in [4.69, 9.17) is 14.2 Å². The number of carbonyl (C=O) groups excluding carboxylic acids is 1. The number of ether oxygens (including phenoxy) is 3. The van der Waals surface area contributed by atoms with Gasteiger partial charge in [-0.05, 0) is 30.7 Å². The molecule has 146 valence electrons. The largest absolute Gasteiger partial charge is 0.497 e. The van der Waals surface area contributed by atoms with Crippen LogP contribution in [0.4, 0.5) is 5.13 Å². The van der Waals surface area contributed by atoms with Crippen molar-refractivity contribution in [2.24, 2.45) is 0 Å². The van der Waals surface area contributed by atoms with Crippen LogP contribution in [0, 0.1) is 0 Å². The molecule has 1 unspecified atom stereocenters. The highest BCUT2D eigenvalue weighted by Gasteiger charge is 2.20. The summed E-state index contributed by atoms with van der Waals surface area (Å²) in [4.78, 5) is 17.1. The molecule has 1 amide bonds. The molecule has 1 aromatic heterocycles. The summed E-state index contributed by atoms with van der Waals surface area (Å²) < 4.78 is 16.4. The van der Waals surface area contributed by atoms with E-state index in [-0.39, 0.29) is 5.91 Å². The molecule has 1 atom stereocenters. The zero-order chi connectivity index (χ0) is 19.9. The van der Waals surface area contributed by atoms with Crippen molar-refractivity contribution in [3.05, 3.63) is 53.9 Å². The topological polar surface area (TPSA) is 69.7 Å². The van der Waals surface area contributed by atoms with Gasteiger partial charge >= 0.3 is 0 Å². The van der Waals surface area contributed by atoms with E-state index in [1.165, 1.54) is 11.3 Å². The number of benzene rings is 2. The third-order valence-electron chi connectivity index (χ3n) is 4.10. The Bertz CT molecular complexity index is 927. The number of aromatic nitrogens is 1. The predicted octanol–water partition coefficient (Wildman–Crippen LogP) is 4.62. The van der Waals surface area contributed by atoms with Crippen LogP contribution in [0.25, 0.3) is 11.3 Å². The molecule has 3 aromatic rings. The summed E-state index contributed by atoms with van der Waals surface area (Å²) >= 11 is 1.35. The molecule has 0 aliphatic heterocycles. The zero-order valence-corrected chi connectivity index (χ0v) is 16.8. The second-order valence-electron chi connectivity index (χ2n) is 5.92. The van der Waals surface area contributed by atoms with E-state index in [1.807, 2.05) is 54.8 Å². The maximum Gasteiger partial charge on any atom is 0.267 e. The number of methoxy groups -OCH3 is 2. The van der Waals surface area contributed by atoms with E-state index < -0.39 is 6.10 Å². The maximum absolute atomic E-state index is 12.6. The number of rotatable bonds is 8. The highest BCUT2D eigenvalue weighted by molar-refractivity contribution is 7.14.